The predicted octanol–water partition coefficient (Wildman–Crippen LogP) is 4.22. The van der Waals surface area contributed by atoms with Gasteiger partial charge in [-0.3, -0.25) is 9.59 Å². The Morgan fingerprint density at radius 1 is 0.971 bits per heavy atom. The third-order valence-electron chi connectivity index (χ3n) is 8.25. The molecule has 2 unspecified atom stereocenters. The number of carbonyl (C=O) groups is 2. The second kappa shape index (κ2) is 8.12. The molecule has 4 saturated carbocycles. The highest BCUT2D eigenvalue weighted by atomic mass is 16.5. The molecule has 1 heterocycles. The van der Waals surface area contributed by atoms with E-state index in [0.717, 1.165) is 43.1 Å². The van der Waals surface area contributed by atoms with Crippen LogP contribution in [0.5, 0.6) is 5.75 Å². The van der Waals surface area contributed by atoms with E-state index in [1.807, 2.05) is 54.6 Å². The Hall–Kier alpha value is -3.41. The number of ether oxygens (including phenoxy) is 1. The standard InChI is InChI=1S/C28H29N3O3/c29-27(33)28-13-18-11-20(14-28)24(21(12-18)15-28)31-26(32)22-10-9-19-7-4-8-23(25(19)30-22)34-16-17-5-2-1-3-6-17/h1-10,18,20-21,24H,11-16H2,(H2,29,33)(H,31,32)/t18?,20?,21?,24-,28-. The van der Waals surface area contributed by atoms with Crippen LogP contribution in [0.2, 0.25) is 0 Å². The number of nitrogens with two attached hydrogens (primary N) is 1. The molecule has 0 radical (unpaired) electrons. The number of carbonyl (C=O) groups excluding carboxylic acids is 2. The molecule has 2 amide bonds. The van der Waals surface area contributed by atoms with Crippen LogP contribution >= 0.6 is 0 Å². The van der Waals surface area contributed by atoms with Gasteiger partial charge in [-0.25, -0.2) is 4.98 Å². The van der Waals surface area contributed by atoms with Crippen molar-refractivity contribution in [3.8, 4) is 5.75 Å². The maximum Gasteiger partial charge on any atom is 0.270 e. The van der Waals surface area contributed by atoms with Crippen molar-refractivity contribution in [1.82, 2.24) is 10.3 Å². The molecule has 34 heavy (non-hydrogen) atoms. The molecular weight excluding hydrogens is 426 g/mol. The zero-order valence-electron chi connectivity index (χ0n) is 19.1. The number of nitrogens with zero attached hydrogens (tertiary/aromatic N) is 1. The summed E-state index contributed by atoms with van der Waals surface area (Å²) >= 11 is 0. The van der Waals surface area contributed by atoms with E-state index in [9.17, 15) is 9.59 Å². The van der Waals surface area contributed by atoms with E-state index >= 15 is 0 Å². The largest absolute Gasteiger partial charge is 0.487 e. The minimum Gasteiger partial charge on any atom is -0.487 e. The maximum absolute atomic E-state index is 13.3. The lowest BCUT2D eigenvalue weighted by Crippen LogP contribution is -2.62. The Balaban J connectivity index is 1.21. The number of rotatable bonds is 6. The van der Waals surface area contributed by atoms with Crippen molar-refractivity contribution in [2.75, 3.05) is 0 Å². The van der Waals surface area contributed by atoms with E-state index in [2.05, 4.69) is 5.32 Å². The van der Waals surface area contributed by atoms with Crippen molar-refractivity contribution in [2.45, 2.75) is 44.8 Å². The average molecular weight is 456 g/mol. The number of nitrogens with one attached hydrogen (secondary N) is 1. The summed E-state index contributed by atoms with van der Waals surface area (Å²) in [7, 11) is 0. The Labute approximate surface area is 198 Å². The van der Waals surface area contributed by atoms with Gasteiger partial charge in [-0.2, -0.15) is 0 Å². The third kappa shape index (κ3) is 3.61. The third-order valence-corrected chi connectivity index (χ3v) is 8.25. The molecule has 2 aromatic carbocycles. The number of pyridine rings is 1. The van der Waals surface area contributed by atoms with Crippen molar-refractivity contribution >= 4 is 22.7 Å². The summed E-state index contributed by atoms with van der Waals surface area (Å²) in [5.41, 5.74) is 7.60. The molecular formula is C28H29N3O3. The van der Waals surface area contributed by atoms with E-state index in [0.29, 0.717) is 41.3 Å². The summed E-state index contributed by atoms with van der Waals surface area (Å²) < 4.78 is 6.06. The van der Waals surface area contributed by atoms with E-state index in [4.69, 9.17) is 15.5 Å². The SMILES string of the molecule is NC(=O)[C@]12CC3CC(C1)[C@@H](NC(=O)c1ccc4cccc(OCc5ccccc5)c4n1)C(C3)C2. The average Bonchev–Trinajstić information content (AvgIpc) is 2.84. The second-order valence-corrected chi connectivity index (χ2v) is 10.4. The molecule has 4 aliphatic carbocycles. The first-order valence-corrected chi connectivity index (χ1v) is 12.2. The van der Waals surface area contributed by atoms with Crippen LogP contribution in [0, 0.1) is 23.2 Å². The predicted molar refractivity (Wildman–Crippen MR) is 129 cm³/mol. The van der Waals surface area contributed by atoms with Gasteiger partial charge in [-0.15, -0.1) is 0 Å². The van der Waals surface area contributed by atoms with Gasteiger partial charge in [-0.05, 0) is 67.6 Å². The molecule has 2 atom stereocenters. The molecule has 0 aliphatic heterocycles. The minimum atomic E-state index is -0.357. The van der Waals surface area contributed by atoms with Gasteiger partial charge < -0.3 is 15.8 Å². The number of aromatic nitrogens is 1. The van der Waals surface area contributed by atoms with Crippen LogP contribution in [0.3, 0.4) is 0 Å². The molecule has 3 N–H and O–H groups in total. The number of hydrogen-bond acceptors (Lipinski definition) is 4. The maximum atomic E-state index is 13.3. The topological polar surface area (TPSA) is 94.3 Å². The number of primary amides is 1. The lowest BCUT2D eigenvalue weighted by molar-refractivity contribution is -0.145. The summed E-state index contributed by atoms with van der Waals surface area (Å²) in [5, 5.41) is 4.21. The zero-order valence-corrected chi connectivity index (χ0v) is 19.1. The van der Waals surface area contributed by atoms with Crippen LogP contribution in [0.25, 0.3) is 10.9 Å². The number of amides is 2. The van der Waals surface area contributed by atoms with Gasteiger partial charge in [0.05, 0.1) is 0 Å². The molecule has 0 spiro atoms. The quantitative estimate of drug-likeness (QED) is 0.582. The first-order valence-electron chi connectivity index (χ1n) is 12.2. The second-order valence-electron chi connectivity index (χ2n) is 10.4. The fourth-order valence-corrected chi connectivity index (χ4v) is 6.89. The summed E-state index contributed by atoms with van der Waals surface area (Å²) in [6.45, 7) is 0.437. The monoisotopic (exact) mass is 455 g/mol. The molecule has 1 aromatic heterocycles. The lowest BCUT2D eigenvalue weighted by atomic mass is 9.47. The molecule has 6 nitrogen and oxygen atoms in total. The minimum absolute atomic E-state index is 0.0820. The highest BCUT2D eigenvalue weighted by molar-refractivity contribution is 5.96. The molecule has 4 aliphatic rings. The van der Waals surface area contributed by atoms with E-state index < -0.39 is 0 Å². The van der Waals surface area contributed by atoms with Gasteiger partial charge in [0, 0.05) is 16.8 Å². The van der Waals surface area contributed by atoms with Crippen LogP contribution in [0.1, 0.15) is 48.2 Å². The fourth-order valence-electron chi connectivity index (χ4n) is 6.89. The van der Waals surface area contributed by atoms with Crippen LogP contribution in [0.4, 0.5) is 0 Å². The summed E-state index contributed by atoms with van der Waals surface area (Å²) in [5.74, 6) is 1.53. The normalized spacial score (nSPS) is 29.2. The van der Waals surface area contributed by atoms with Crippen LogP contribution in [-0.2, 0) is 11.4 Å². The van der Waals surface area contributed by atoms with E-state index in [-0.39, 0.29) is 23.3 Å². The molecule has 4 fully saturated rings. The van der Waals surface area contributed by atoms with Crippen LogP contribution < -0.4 is 15.8 Å². The fraction of sp³-hybridized carbons (Fsp3) is 0.393. The highest BCUT2D eigenvalue weighted by Crippen LogP contribution is 2.59. The molecule has 7 rings (SSSR count). The number of fused-ring (bicyclic) bond motifs is 1. The van der Waals surface area contributed by atoms with Gasteiger partial charge in [0.2, 0.25) is 5.91 Å². The van der Waals surface area contributed by atoms with Gasteiger partial charge in [0.15, 0.2) is 0 Å². The summed E-state index contributed by atoms with van der Waals surface area (Å²) in [4.78, 5) is 30.2. The van der Waals surface area contributed by atoms with Crippen molar-refractivity contribution < 1.29 is 14.3 Å². The van der Waals surface area contributed by atoms with Crippen molar-refractivity contribution in [1.29, 1.82) is 0 Å². The van der Waals surface area contributed by atoms with Crippen molar-refractivity contribution in [2.24, 2.45) is 28.9 Å². The van der Waals surface area contributed by atoms with Gasteiger partial charge in [-0.1, -0.05) is 48.5 Å². The van der Waals surface area contributed by atoms with Crippen LogP contribution in [-0.4, -0.2) is 22.8 Å². The van der Waals surface area contributed by atoms with Crippen LogP contribution in [0.15, 0.2) is 60.7 Å². The summed E-state index contributed by atoms with van der Waals surface area (Å²) in [6.07, 6.45) is 4.65. The van der Waals surface area contributed by atoms with Gasteiger partial charge in [0.1, 0.15) is 23.6 Å². The van der Waals surface area contributed by atoms with E-state index in [1.165, 1.54) is 0 Å². The smallest absolute Gasteiger partial charge is 0.270 e. The molecule has 6 heteroatoms. The van der Waals surface area contributed by atoms with Crippen molar-refractivity contribution in [3.05, 3.63) is 71.9 Å². The van der Waals surface area contributed by atoms with Gasteiger partial charge in [0.25, 0.3) is 5.91 Å². The first kappa shape index (κ1) is 21.1. The Morgan fingerprint density at radius 3 is 2.47 bits per heavy atom. The molecule has 0 saturated heterocycles. The number of hydrogen-bond donors (Lipinski definition) is 2. The Morgan fingerprint density at radius 2 is 1.74 bits per heavy atom. The lowest BCUT2D eigenvalue weighted by Gasteiger charge is -2.58. The Kier molecular flexibility index (Phi) is 5.05. The molecule has 174 valence electrons. The first-order chi connectivity index (χ1) is 16.5. The molecule has 3 aromatic rings. The van der Waals surface area contributed by atoms with Crippen molar-refractivity contribution in [3.63, 3.8) is 0 Å². The molecule has 4 bridgehead atoms. The zero-order chi connectivity index (χ0) is 23.3. The number of para-hydroxylation sites is 1. The van der Waals surface area contributed by atoms with Gasteiger partial charge >= 0.3 is 0 Å². The number of benzene rings is 2. The summed E-state index contributed by atoms with van der Waals surface area (Å²) in [6, 6.07) is 19.6. The Bertz CT molecular complexity index is 1240. The highest BCUT2D eigenvalue weighted by Gasteiger charge is 2.58. The van der Waals surface area contributed by atoms with E-state index in [1.54, 1.807) is 6.07 Å².